The summed E-state index contributed by atoms with van der Waals surface area (Å²) in [7, 11) is 1.73. The highest BCUT2D eigenvalue weighted by Crippen LogP contribution is 2.51. The summed E-state index contributed by atoms with van der Waals surface area (Å²) in [6, 6.07) is 0. The highest BCUT2D eigenvalue weighted by molar-refractivity contribution is 8.01. The van der Waals surface area contributed by atoms with Crippen molar-refractivity contribution in [2.75, 3.05) is 7.11 Å². The summed E-state index contributed by atoms with van der Waals surface area (Å²) in [6.45, 7) is 2.28. The van der Waals surface area contributed by atoms with E-state index in [1.165, 1.54) is 82.7 Å². The third kappa shape index (κ3) is 7.65. The molecule has 1 fully saturated rings. The molecule has 18 heavy (non-hydrogen) atoms. The molecule has 0 aliphatic carbocycles. The molecule has 1 rings (SSSR count). The van der Waals surface area contributed by atoms with E-state index in [4.69, 9.17) is 8.92 Å². The molecule has 1 saturated heterocycles. The van der Waals surface area contributed by atoms with E-state index in [0.717, 1.165) is 6.42 Å². The molecule has 0 aromatic heterocycles. The topological polar surface area (TPSA) is 21.8 Å². The van der Waals surface area contributed by atoms with Crippen LogP contribution >= 0.6 is 12.0 Å². The Bertz CT molecular complexity index is 193. The summed E-state index contributed by atoms with van der Waals surface area (Å²) in [5.41, 5.74) is 0. The second kappa shape index (κ2) is 10.1. The lowest BCUT2D eigenvalue weighted by molar-refractivity contribution is -0.0169. The summed E-state index contributed by atoms with van der Waals surface area (Å²) < 4.78 is 10.5. The van der Waals surface area contributed by atoms with Crippen LogP contribution < -0.4 is 0 Å². The minimum atomic E-state index is -0.251. The average molecular weight is 274 g/mol. The van der Waals surface area contributed by atoms with Crippen LogP contribution in [-0.4, -0.2) is 12.2 Å². The van der Waals surface area contributed by atoms with E-state index in [1.54, 1.807) is 7.11 Å². The molecule has 0 radical (unpaired) electrons. The summed E-state index contributed by atoms with van der Waals surface area (Å²) in [4.78, 5) is 0. The quantitative estimate of drug-likeness (QED) is 0.245. The van der Waals surface area contributed by atoms with Crippen molar-refractivity contribution in [1.29, 1.82) is 0 Å². The lowest BCUT2D eigenvalue weighted by Gasteiger charge is -2.06. The maximum atomic E-state index is 5.28. The first-order chi connectivity index (χ1) is 8.83. The van der Waals surface area contributed by atoms with Gasteiger partial charge in [-0.1, -0.05) is 71.1 Å². The standard InChI is InChI=1S/C15H30O2S/c1-3-4-5-6-7-8-9-10-11-12-13-14-15(16-2)17-18-15/h3-14H2,1-2H3. The molecule has 3 heteroatoms. The minimum Gasteiger partial charge on any atom is -0.342 e. The molecule has 1 aliphatic heterocycles. The molecule has 0 spiro atoms. The lowest BCUT2D eigenvalue weighted by Crippen LogP contribution is -2.09. The van der Waals surface area contributed by atoms with Gasteiger partial charge in [-0.05, 0) is 6.42 Å². The number of hydrogen-bond donors (Lipinski definition) is 0. The Hall–Kier alpha value is 0.270. The van der Waals surface area contributed by atoms with E-state index in [0.29, 0.717) is 0 Å². The van der Waals surface area contributed by atoms with Crippen molar-refractivity contribution in [1.82, 2.24) is 0 Å². The zero-order valence-corrected chi connectivity index (χ0v) is 13.0. The third-order valence-electron chi connectivity index (χ3n) is 3.67. The monoisotopic (exact) mass is 274 g/mol. The van der Waals surface area contributed by atoms with Crippen LogP contribution in [0.5, 0.6) is 0 Å². The fraction of sp³-hybridized carbons (Fsp3) is 1.00. The summed E-state index contributed by atoms with van der Waals surface area (Å²) in [5.74, 6) is 0. The normalized spacial score (nSPS) is 22.3. The second-order valence-corrected chi connectivity index (χ2v) is 6.29. The van der Waals surface area contributed by atoms with Gasteiger partial charge in [-0.25, -0.2) is 0 Å². The fourth-order valence-corrected chi connectivity index (χ4v) is 2.85. The van der Waals surface area contributed by atoms with Gasteiger partial charge in [-0.15, -0.1) is 0 Å². The van der Waals surface area contributed by atoms with Gasteiger partial charge in [0, 0.05) is 13.5 Å². The molecule has 108 valence electrons. The Morgan fingerprint density at radius 1 is 0.833 bits per heavy atom. The van der Waals surface area contributed by atoms with E-state index in [9.17, 15) is 0 Å². The van der Waals surface area contributed by atoms with Crippen LogP contribution in [0.1, 0.15) is 84.0 Å². The molecule has 0 amide bonds. The van der Waals surface area contributed by atoms with Crippen LogP contribution in [0.25, 0.3) is 0 Å². The summed E-state index contributed by atoms with van der Waals surface area (Å²) >= 11 is 1.47. The zero-order valence-electron chi connectivity index (χ0n) is 12.2. The Labute approximate surface area is 117 Å². The van der Waals surface area contributed by atoms with Crippen LogP contribution in [0.4, 0.5) is 0 Å². The van der Waals surface area contributed by atoms with Crippen molar-refractivity contribution in [2.45, 2.75) is 89.1 Å². The van der Waals surface area contributed by atoms with E-state index in [2.05, 4.69) is 6.92 Å². The van der Waals surface area contributed by atoms with Gasteiger partial charge in [-0.2, -0.15) is 0 Å². The number of methoxy groups -OCH3 is 1. The molecule has 0 saturated carbocycles. The summed E-state index contributed by atoms with van der Waals surface area (Å²) in [5, 5.41) is -0.251. The van der Waals surface area contributed by atoms with Crippen LogP contribution in [0.3, 0.4) is 0 Å². The molecule has 0 aromatic rings. The predicted molar refractivity (Wildman–Crippen MR) is 79.5 cm³/mol. The van der Waals surface area contributed by atoms with E-state index in [1.807, 2.05) is 0 Å². The highest BCUT2D eigenvalue weighted by atomic mass is 32.2. The maximum Gasteiger partial charge on any atom is 0.255 e. The van der Waals surface area contributed by atoms with E-state index < -0.39 is 0 Å². The Kier molecular flexibility index (Phi) is 9.16. The highest BCUT2D eigenvalue weighted by Gasteiger charge is 2.47. The van der Waals surface area contributed by atoms with Crippen molar-refractivity contribution >= 4 is 12.0 Å². The first-order valence-corrected chi connectivity index (χ1v) is 8.49. The maximum absolute atomic E-state index is 5.28. The molecular formula is C15H30O2S. The molecule has 1 aliphatic rings. The predicted octanol–water partition coefficient (Wildman–Crippen LogP) is 5.67. The largest absolute Gasteiger partial charge is 0.342 e. The molecule has 1 heterocycles. The van der Waals surface area contributed by atoms with Crippen LogP contribution in [-0.2, 0) is 8.92 Å². The zero-order chi connectivity index (χ0) is 13.1. The number of hydrogen-bond acceptors (Lipinski definition) is 3. The number of unbranched alkanes of at least 4 members (excludes halogenated alkanes) is 10. The first-order valence-electron chi connectivity index (χ1n) is 7.75. The van der Waals surface area contributed by atoms with E-state index >= 15 is 0 Å². The van der Waals surface area contributed by atoms with Gasteiger partial charge in [0.25, 0.3) is 5.12 Å². The van der Waals surface area contributed by atoms with Gasteiger partial charge in [0.05, 0.1) is 12.0 Å². The molecule has 2 nitrogen and oxygen atoms in total. The van der Waals surface area contributed by atoms with Gasteiger partial charge >= 0.3 is 0 Å². The van der Waals surface area contributed by atoms with Crippen molar-refractivity contribution in [3.05, 3.63) is 0 Å². The van der Waals surface area contributed by atoms with Gasteiger partial charge < -0.3 is 4.74 Å². The molecular weight excluding hydrogens is 244 g/mol. The van der Waals surface area contributed by atoms with Crippen molar-refractivity contribution in [2.24, 2.45) is 0 Å². The average Bonchev–Trinajstić information content (AvgIpc) is 3.17. The minimum absolute atomic E-state index is 0.251. The Morgan fingerprint density at radius 3 is 1.67 bits per heavy atom. The molecule has 0 bridgehead atoms. The lowest BCUT2D eigenvalue weighted by atomic mass is 10.1. The Balaban J connectivity index is 1.71. The van der Waals surface area contributed by atoms with Crippen molar-refractivity contribution < 1.29 is 8.92 Å². The third-order valence-corrected chi connectivity index (χ3v) is 4.58. The number of ether oxygens (including phenoxy) is 1. The van der Waals surface area contributed by atoms with Gasteiger partial charge in [0.2, 0.25) is 0 Å². The second-order valence-electron chi connectivity index (χ2n) is 5.34. The molecule has 0 N–H and O–H groups in total. The number of rotatable bonds is 13. The molecule has 0 aromatic carbocycles. The van der Waals surface area contributed by atoms with Crippen molar-refractivity contribution in [3.63, 3.8) is 0 Å². The smallest absolute Gasteiger partial charge is 0.255 e. The SMILES string of the molecule is CCCCCCCCCCCCCC1(OC)OS1. The van der Waals surface area contributed by atoms with Crippen molar-refractivity contribution in [3.8, 4) is 0 Å². The van der Waals surface area contributed by atoms with Crippen LogP contribution in [0.2, 0.25) is 0 Å². The first kappa shape index (κ1) is 16.3. The fourth-order valence-electron chi connectivity index (χ4n) is 2.31. The van der Waals surface area contributed by atoms with Gasteiger partial charge in [-0.3, -0.25) is 4.18 Å². The Morgan fingerprint density at radius 2 is 1.28 bits per heavy atom. The van der Waals surface area contributed by atoms with Gasteiger partial charge in [0.15, 0.2) is 0 Å². The molecule has 1 unspecified atom stereocenters. The molecule has 1 atom stereocenters. The van der Waals surface area contributed by atoms with Crippen LogP contribution in [0.15, 0.2) is 0 Å². The van der Waals surface area contributed by atoms with Gasteiger partial charge in [0.1, 0.15) is 0 Å². The van der Waals surface area contributed by atoms with E-state index in [-0.39, 0.29) is 5.12 Å². The summed E-state index contributed by atoms with van der Waals surface area (Å²) in [6.07, 6.45) is 16.3. The van der Waals surface area contributed by atoms with Crippen LogP contribution in [0, 0.1) is 0 Å².